The highest BCUT2D eigenvalue weighted by molar-refractivity contribution is 5.95. The third-order valence-corrected chi connectivity index (χ3v) is 4.21. The second-order valence-corrected chi connectivity index (χ2v) is 6.23. The van der Waals surface area contributed by atoms with Gasteiger partial charge in [-0.1, -0.05) is 12.1 Å². The van der Waals surface area contributed by atoms with E-state index in [2.05, 4.69) is 21.6 Å². The van der Waals surface area contributed by atoms with Crippen molar-refractivity contribution in [1.82, 2.24) is 10.2 Å². The molecular formula is C18H22N4O2. The van der Waals surface area contributed by atoms with E-state index in [1.165, 1.54) is 18.4 Å². The van der Waals surface area contributed by atoms with Gasteiger partial charge in [0, 0.05) is 36.3 Å². The van der Waals surface area contributed by atoms with Crippen molar-refractivity contribution in [2.24, 2.45) is 0 Å². The van der Waals surface area contributed by atoms with Crippen LogP contribution in [0.15, 0.2) is 30.3 Å². The summed E-state index contributed by atoms with van der Waals surface area (Å²) in [7, 11) is 0. The SMILES string of the molecule is Cc1cccc(N2CCCC2=O)c1.O=CNc1cc(C2CC2)[nH]n1. The molecule has 0 atom stereocenters. The van der Waals surface area contributed by atoms with Gasteiger partial charge in [-0.25, -0.2) is 0 Å². The molecule has 0 unspecified atom stereocenters. The van der Waals surface area contributed by atoms with Gasteiger partial charge in [0.05, 0.1) is 0 Å². The maximum atomic E-state index is 11.4. The summed E-state index contributed by atoms with van der Waals surface area (Å²) in [5.41, 5.74) is 3.38. The van der Waals surface area contributed by atoms with E-state index in [-0.39, 0.29) is 5.91 Å². The van der Waals surface area contributed by atoms with E-state index in [9.17, 15) is 9.59 Å². The van der Waals surface area contributed by atoms with E-state index >= 15 is 0 Å². The minimum atomic E-state index is 0.255. The first-order valence-electron chi connectivity index (χ1n) is 8.30. The van der Waals surface area contributed by atoms with Gasteiger partial charge in [-0.15, -0.1) is 0 Å². The standard InChI is InChI=1S/C11H13NO.C7H9N3O/c1-9-4-2-5-10(8-9)12-7-3-6-11(12)13;11-4-8-7-3-6(9-10-7)5-1-2-5/h2,4-5,8H,3,6-7H2,1H3;3-5H,1-2H2,(H2,8,9,10,11). The van der Waals surface area contributed by atoms with Crippen molar-refractivity contribution in [3.8, 4) is 0 Å². The maximum absolute atomic E-state index is 11.4. The van der Waals surface area contributed by atoms with Crippen LogP contribution >= 0.6 is 0 Å². The molecule has 1 aliphatic heterocycles. The first kappa shape index (κ1) is 16.2. The number of benzene rings is 1. The largest absolute Gasteiger partial charge is 0.312 e. The molecule has 6 heteroatoms. The number of aromatic nitrogens is 2. The summed E-state index contributed by atoms with van der Waals surface area (Å²) in [4.78, 5) is 23.3. The molecule has 1 saturated heterocycles. The lowest BCUT2D eigenvalue weighted by atomic mass is 10.2. The Morgan fingerprint density at radius 1 is 1.33 bits per heavy atom. The molecule has 1 saturated carbocycles. The van der Waals surface area contributed by atoms with Crippen LogP contribution in [0, 0.1) is 6.92 Å². The Morgan fingerprint density at radius 3 is 2.79 bits per heavy atom. The van der Waals surface area contributed by atoms with Crippen LogP contribution in [0.2, 0.25) is 0 Å². The highest BCUT2D eigenvalue weighted by atomic mass is 16.2. The van der Waals surface area contributed by atoms with E-state index in [0.29, 0.717) is 24.6 Å². The fraction of sp³-hybridized carbons (Fsp3) is 0.389. The topological polar surface area (TPSA) is 78.1 Å². The number of carbonyl (C=O) groups is 2. The maximum Gasteiger partial charge on any atom is 0.227 e. The van der Waals surface area contributed by atoms with Crippen molar-refractivity contribution < 1.29 is 9.59 Å². The van der Waals surface area contributed by atoms with Gasteiger partial charge >= 0.3 is 0 Å². The Balaban J connectivity index is 0.000000143. The number of aryl methyl sites for hydroxylation is 1. The summed E-state index contributed by atoms with van der Waals surface area (Å²) >= 11 is 0. The minimum absolute atomic E-state index is 0.255. The lowest BCUT2D eigenvalue weighted by Crippen LogP contribution is -2.23. The number of amides is 2. The van der Waals surface area contributed by atoms with Crippen molar-refractivity contribution >= 4 is 23.8 Å². The average Bonchev–Trinajstić information content (AvgIpc) is 3.17. The molecule has 2 heterocycles. The molecule has 2 aromatic rings. The van der Waals surface area contributed by atoms with Gasteiger partial charge in [0.25, 0.3) is 0 Å². The summed E-state index contributed by atoms with van der Waals surface area (Å²) < 4.78 is 0. The van der Waals surface area contributed by atoms with E-state index < -0.39 is 0 Å². The van der Waals surface area contributed by atoms with Crippen LogP contribution in [0.5, 0.6) is 0 Å². The second-order valence-electron chi connectivity index (χ2n) is 6.23. The first-order valence-corrected chi connectivity index (χ1v) is 8.30. The van der Waals surface area contributed by atoms with E-state index in [4.69, 9.17) is 0 Å². The molecule has 2 fully saturated rings. The quantitative estimate of drug-likeness (QED) is 0.848. The minimum Gasteiger partial charge on any atom is -0.312 e. The third kappa shape index (κ3) is 4.01. The fourth-order valence-corrected chi connectivity index (χ4v) is 2.79. The van der Waals surface area contributed by atoms with Crippen LogP contribution < -0.4 is 10.2 Å². The van der Waals surface area contributed by atoms with Crippen LogP contribution in [0.25, 0.3) is 0 Å². The predicted octanol–water partition coefficient (Wildman–Crippen LogP) is 2.98. The van der Waals surface area contributed by atoms with Gasteiger partial charge < -0.3 is 10.2 Å². The van der Waals surface area contributed by atoms with Crippen molar-refractivity contribution in [3.63, 3.8) is 0 Å². The van der Waals surface area contributed by atoms with Gasteiger partial charge in [0.2, 0.25) is 12.3 Å². The molecule has 2 N–H and O–H groups in total. The zero-order chi connectivity index (χ0) is 16.9. The van der Waals surface area contributed by atoms with Gasteiger partial charge in [-0.3, -0.25) is 14.7 Å². The van der Waals surface area contributed by atoms with Crippen molar-refractivity contribution in [2.45, 2.75) is 38.5 Å². The van der Waals surface area contributed by atoms with E-state index in [1.54, 1.807) is 0 Å². The molecule has 126 valence electrons. The Labute approximate surface area is 141 Å². The zero-order valence-corrected chi connectivity index (χ0v) is 13.8. The first-order chi connectivity index (χ1) is 11.7. The molecule has 1 aromatic carbocycles. The Morgan fingerprint density at radius 2 is 2.17 bits per heavy atom. The number of carbonyl (C=O) groups excluding carboxylic acids is 2. The summed E-state index contributed by atoms with van der Waals surface area (Å²) in [6.07, 6.45) is 4.80. The number of hydrogen-bond donors (Lipinski definition) is 2. The average molecular weight is 326 g/mol. The molecule has 2 amide bonds. The summed E-state index contributed by atoms with van der Waals surface area (Å²) in [5.74, 6) is 1.53. The summed E-state index contributed by atoms with van der Waals surface area (Å²) in [5, 5.41) is 9.27. The number of aromatic amines is 1. The van der Waals surface area contributed by atoms with Crippen LogP contribution in [0.3, 0.4) is 0 Å². The number of nitrogens with zero attached hydrogens (tertiary/aromatic N) is 2. The zero-order valence-electron chi connectivity index (χ0n) is 13.8. The van der Waals surface area contributed by atoms with Crippen LogP contribution in [0.4, 0.5) is 11.5 Å². The smallest absolute Gasteiger partial charge is 0.227 e. The summed E-state index contributed by atoms with van der Waals surface area (Å²) in [6.45, 7) is 2.92. The van der Waals surface area contributed by atoms with Gasteiger partial charge in [-0.2, -0.15) is 5.10 Å². The van der Waals surface area contributed by atoms with Crippen molar-refractivity contribution in [3.05, 3.63) is 41.6 Å². The number of H-pyrrole nitrogens is 1. The monoisotopic (exact) mass is 326 g/mol. The molecule has 1 aromatic heterocycles. The normalized spacial score (nSPS) is 16.5. The summed E-state index contributed by atoms with van der Waals surface area (Å²) in [6, 6.07) is 9.98. The molecule has 0 radical (unpaired) electrons. The molecular weight excluding hydrogens is 304 g/mol. The highest BCUT2D eigenvalue weighted by Crippen LogP contribution is 2.39. The fourth-order valence-electron chi connectivity index (χ4n) is 2.79. The van der Waals surface area contributed by atoms with Gasteiger partial charge in [-0.05, 0) is 43.9 Å². The van der Waals surface area contributed by atoms with Crippen molar-refractivity contribution in [2.75, 3.05) is 16.8 Å². The Hall–Kier alpha value is -2.63. The van der Waals surface area contributed by atoms with Crippen LogP contribution in [-0.2, 0) is 9.59 Å². The second kappa shape index (κ2) is 7.29. The Bertz CT molecular complexity index is 721. The number of anilines is 2. The Kier molecular flexibility index (Phi) is 4.93. The highest BCUT2D eigenvalue weighted by Gasteiger charge is 2.25. The van der Waals surface area contributed by atoms with Crippen LogP contribution in [0.1, 0.15) is 42.9 Å². The number of nitrogens with one attached hydrogen (secondary N) is 2. The number of rotatable bonds is 4. The predicted molar refractivity (Wildman–Crippen MR) is 93.0 cm³/mol. The number of hydrogen-bond acceptors (Lipinski definition) is 3. The van der Waals surface area contributed by atoms with E-state index in [1.807, 2.05) is 36.1 Å². The van der Waals surface area contributed by atoms with Crippen molar-refractivity contribution in [1.29, 1.82) is 0 Å². The van der Waals surface area contributed by atoms with Crippen LogP contribution in [-0.4, -0.2) is 29.1 Å². The molecule has 1 aliphatic carbocycles. The molecule has 4 rings (SSSR count). The molecule has 2 aliphatic rings. The van der Waals surface area contributed by atoms with Gasteiger partial charge in [0.15, 0.2) is 5.82 Å². The molecule has 0 bridgehead atoms. The molecule has 0 spiro atoms. The van der Waals surface area contributed by atoms with Gasteiger partial charge in [0.1, 0.15) is 0 Å². The lowest BCUT2D eigenvalue weighted by molar-refractivity contribution is -0.117. The lowest BCUT2D eigenvalue weighted by Gasteiger charge is -2.15. The third-order valence-electron chi connectivity index (χ3n) is 4.21. The molecule has 24 heavy (non-hydrogen) atoms. The van der Waals surface area contributed by atoms with E-state index in [0.717, 1.165) is 24.3 Å². The molecule has 6 nitrogen and oxygen atoms in total.